The molecule has 3 aromatic rings. The first kappa shape index (κ1) is 21.5. The second-order valence-corrected chi connectivity index (χ2v) is 9.93. The number of piperidine rings is 1. The average molecular weight is 441 g/mol. The molecule has 1 saturated heterocycles. The summed E-state index contributed by atoms with van der Waals surface area (Å²) in [6.45, 7) is 0.672. The lowest BCUT2D eigenvalue weighted by Gasteiger charge is -2.33. The topological polar surface area (TPSA) is 57.7 Å². The number of rotatable bonds is 5. The Hall–Kier alpha value is -2.77. The zero-order valence-corrected chi connectivity index (χ0v) is 18.2. The number of halogens is 1. The third kappa shape index (κ3) is 4.48. The van der Waals surface area contributed by atoms with Crippen LogP contribution in [0, 0.1) is 11.7 Å². The lowest BCUT2D eigenvalue weighted by atomic mass is 9.98. The van der Waals surface area contributed by atoms with Gasteiger partial charge in [-0.1, -0.05) is 48.5 Å². The van der Waals surface area contributed by atoms with Crippen molar-refractivity contribution in [3.63, 3.8) is 0 Å². The molecule has 3 aromatic carbocycles. The Labute approximate surface area is 182 Å². The Morgan fingerprint density at radius 3 is 2.55 bits per heavy atom. The Morgan fingerprint density at radius 2 is 1.77 bits per heavy atom. The van der Waals surface area contributed by atoms with E-state index in [4.69, 9.17) is 0 Å². The van der Waals surface area contributed by atoms with Crippen LogP contribution in [0.15, 0.2) is 71.6 Å². The maximum Gasteiger partial charge on any atom is 0.243 e. The van der Waals surface area contributed by atoms with Crippen molar-refractivity contribution in [1.29, 1.82) is 0 Å². The van der Waals surface area contributed by atoms with Gasteiger partial charge in [0.25, 0.3) is 0 Å². The summed E-state index contributed by atoms with van der Waals surface area (Å²) in [7, 11) is -2.08. The highest BCUT2D eigenvalue weighted by molar-refractivity contribution is 7.89. The van der Waals surface area contributed by atoms with E-state index in [9.17, 15) is 17.6 Å². The van der Waals surface area contributed by atoms with Gasteiger partial charge in [-0.2, -0.15) is 4.31 Å². The highest BCUT2D eigenvalue weighted by Gasteiger charge is 2.34. The van der Waals surface area contributed by atoms with Crippen LogP contribution < -0.4 is 0 Å². The lowest BCUT2D eigenvalue weighted by molar-refractivity contribution is -0.135. The van der Waals surface area contributed by atoms with Crippen molar-refractivity contribution in [2.24, 2.45) is 5.92 Å². The first-order valence-electron chi connectivity index (χ1n) is 10.3. The average Bonchev–Trinajstić information content (AvgIpc) is 2.79. The number of fused-ring (bicyclic) bond motifs is 1. The molecular formula is C24H25FN2O3S. The third-order valence-corrected chi connectivity index (χ3v) is 7.69. The van der Waals surface area contributed by atoms with E-state index in [0.29, 0.717) is 24.9 Å². The van der Waals surface area contributed by atoms with Crippen LogP contribution in [0.5, 0.6) is 0 Å². The predicted molar refractivity (Wildman–Crippen MR) is 118 cm³/mol. The minimum absolute atomic E-state index is 0.135. The summed E-state index contributed by atoms with van der Waals surface area (Å²) in [6.07, 6.45) is 1.22. The summed E-state index contributed by atoms with van der Waals surface area (Å²) < 4.78 is 41.9. The van der Waals surface area contributed by atoms with Gasteiger partial charge in [0.05, 0.1) is 10.8 Å². The molecule has 31 heavy (non-hydrogen) atoms. The number of carbonyl (C=O) groups excluding carboxylic acids is 1. The molecule has 4 rings (SSSR count). The number of hydrogen-bond donors (Lipinski definition) is 0. The molecule has 5 nitrogen and oxygen atoms in total. The van der Waals surface area contributed by atoms with Gasteiger partial charge in [0, 0.05) is 32.2 Å². The van der Waals surface area contributed by atoms with Crippen LogP contribution in [-0.2, 0) is 21.4 Å². The van der Waals surface area contributed by atoms with Crippen molar-refractivity contribution in [3.05, 3.63) is 78.1 Å². The van der Waals surface area contributed by atoms with E-state index in [2.05, 4.69) is 0 Å². The van der Waals surface area contributed by atoms with Gasteiger partial charge in [-0.15, -0.1) is 0 Å². The Balaban J connectivity index is 1.50. The van der Waals surface area contributed by atoms with E-state index in [1.807, 2.05) is 24.3 Å². The van der Waals surface area contributed by atoms with Crippen LogP contribution in [0.4, 0.5) is 4.39 Å². The van der Waals surface area contributed by atoms with E-state index in [0.717, 1.165) is 10.8 Å². The van der Waals surface area contributed by atoms with Gasteiger partial charge >= 0.3 is 0 Å². The first-order valence-corrected chi connectivity index (χ1v) is 11.8. The van der Waals surface area contributed by atoms with Crippen LogP contribution in [0.3, 0.4) is 0 Å². The summed E-state index contributed by atoms with van der Waals surface area (Å²) in [4.78, 5) is 14.7. The molecule has 0 bridgehead atoms. The van der Waals surface area contributed by atoms with Gasteiger partial charge in [-0.05, 0) is 41.8 Å². The highest BCUT2D eigenvalue weighted by Crippen LogP contribution is 2.27. The molecular weight excluding hydrogens is 415 g/mol. The molecule has 1 aliphatic rings. The summed E-state index contributed by atoms with van der Waals surface area (Å²) in [5.41, 5.74) is 0.440. The fourth-order valence-corrected chi connectivity index (χ4v) is 5.67. The molecule has 1 amide bonds. The first-order chi connectivity index (χ1) is 14.9. The monoisotopic (exact) mass is 440 g/mol. The quantitative estimate of drug-likeness (QED) is 0.602. The van der Waals surface area contributed by atoms with Gasteiger partial charge in [0.1, 0.15) is 5.82 Å². The van der Waals surface area contributed by atoms with Crippen molar-refractivity contribution < 1.29 is 17.6 Å². The molecule has 0 aliphatic carbocycles. The van der Waals surface area contributed by atoms with Crippen LogP contribution in [0.1, 0.15) is 18.4 Å². The second-order valence-electron chi connectivity index (χ2n) is 8.00. The minimum Gasteiger partial charge on any atom is -0.341 e. The Morgan fingerprint density at radius 1 is 1.06 bits per heavy atom. The third-order valence-electron chi connectivity index (χ3n) is 5.83. The van der Waals surface area contributed by atoms with Gasteiger partial charge in [0.15, 0.2) is 0 Å². The van der Waals surface area contributed by atoms with E-state index in [1.54, 1.807) is 43.4 Å². The zero-order chi connectivity index (χ0) is 22.0. The van der Waals surface area contributed by atoms with Crippen molar-refractivity contribution in [3.8, 4) is 0 Å². The van der Waals surface area contributed by atoms with Crippen molar-refractivity contribution in [2.45, 2.75) is 24.3 Å². The molecule has 0 unspecified atom stereocenters. The lowest BCUT2D eigenvalue weighted by Crippen LogP contribution is -2.45. The van der Waals surface area contributed by atoms with Crippen molar-refractivity contribution in [1.82, 2.24) is 9.21 Å². The molecule has 0 saturated carbocycles. The summed E-state index contributed by atoms with van der Waals surface area (Å²) >= 11 is 0. The second kappa shape index (κ2) is 8.77. The molecule has 162 valence electrons. The molecule has 0 aromatic heterocycles. The molecule has 1 atom stereocenters. The van der Waals surface area contributed by atoms with E-state index in [-0.39, 0.29) is 29.7 Å². The smallest absolute Gasteiger partial charge is 0.243 e. The number of sulfonamides is 1. The van der Waals surface area contributed by atoms with Crippen LogP contribution in [0.25, 0.3) is 10.8 Å². The van der Waals surface area contributed by atoms with Crippen LogP contribution in [0.2, 0.25) is 0 Å². The summed E-state index contributed by atoms with van der Waals surface area (Å²) in [6, 6.07) is 19.1. The van der Waals surface area contributed by atoms with E-state index in [1.165, 1.54) is 15.3 Å². The normalized spacial score (nSPS) is 17.5. The Kier molecular flexibility index (Phi) is 6.07. The fraction of sp³-hybridized carbons (Fsp3) is 0.292. The van der Waals surface area contributed by atoms with E-state index < -0.39 is 15.9 Å². The van der Waals surface area contributed by atoms with Gasteiger partial charge in [0.2, 0.25) is 15.9 Å². The fourth-order valence-electron chi connectivity index (χ4n) is 4.11. The van der Waals surface area contributed by atoms with Gasteiger partial charge in [-0.3, -0.25) is 4.79 Å². The predicted octanol–water partition coefficient (Wildman–Crippen LogP) is 4.04. The Bertz CT molecular complexity index is 1210. The number of nitrogens with zero attached hydrogens (tertiary/aromatic N) is 2. The van der Waals surface area contributed by atoms with Crippen LogP contribution in [-0.4, -0.2) is 43.7 Å². The highest BCUT2D eigenvalue weighted by atomic mass is 32.2. The maximum atomic E-state index is 13.9. The van der Waals surface area contributed by atoms with Crippen LogP contribution >= 0.6 is 0 Å². The van der Waals surface area contributed by atoms with Gasteiger partial charge in [-0.25, -0.2) is 12.8 Å². The summed E-state index contributed by atoms with van der Waals surface area (Å²) in [5, 5.41) is 1.83. The number of carbonyl (C=O) groups is 1. The summed E-state index contributed by atoms with van der Waals surface area (Å²) in [5.74, 6) is -0.964. The molecule has 7 heteroatoms. The SMILES string of the molecule is CN(Cc1ccccc1F)C(=O)[C@@H]1CCCN(S(=O)(=O)c2ccc3ccccc3c2)C1. The molecule has 1 heterocycles. The van der Waals surface area contributed by atoms with Crippen molar-refractivity contribution in [2.75, 3.05) is 20.1 Å². The zero-order valence-electron chi connectivity index (χ0n) is 17.4. The number of amides is 1. The molecule has 1 fully saturated rings. The molecule has 0 N–H and O–H groups in total. The standard InChI is InChI=1S/C24H25FN2O3S/c1-26(16-20-9-4-5-11-23(20)25)24(28)21-10-6-14-27(17-21)31(29,30)22-13-12-18-7-2-3-8-19(18)15-22/h2-5,7-9,11-13,15,21H,6,10,14,16-17H2,1H3/t21-/m1/s1. The maximum absolute atomic E-state index is 13.9. The molecule has 0 spiro atoms. The number of benzene rings is 3. The minimum atomic E-state index is -3.71. The molecule has 1 aliphatic heterocycles. The van der Waals surface area contributed by atoms with Crippen molar-refractivity contribution >= 4 is 26.7 Å². The molecule has 0 radical (unpaired) electrons. The number of hydrogen-bond acceptors (Lipinski definition) is 3. The van der Waals surface area contributed by atoms with Gasteiger partial charge < -0.3 is 4.90 Å². The largest absolute Gasteiger partial charge is 0.341 e. The van der Waals surface area contributed by atoms with E-state index >= 15 is 0 Å².